The smallest absolute Gasteiger partial charge is 0.234 e. The molecule has 0 spiro atoms. The van der Waals surface area contributed by atoms with Crippen LogP contribution in [0, 0.1) is 11.8 Å². The molecule has 0 radical (unpaired) electrons. The summed E-state index contributed by atoms with van der Waals surface area (Å²) >= 11 is 0. The Morgan fingerprint density at radius 1 is 1.32 bits per heavy atom. The normalized spacial score (nSPS) is 32.4. The maximum atomic E-state index is 12.1. The van der Waals surface area contributed by atoms with E-state index in [9.17, 15) is 4.79 Å². The van der Waals surface area contributed by atoms with Gasteiger partial charge < -0.3 is 10.4 Å². The molecule has 1 saturated heterocycles. The number of likely N-dealkylation sites (tertiary alicyclic amines) is 1. The highest BCUT2D eigenvalue weighted by atomic mass is 16.3. The van der Waals surface area contributed by atoms with Crippen molar-refractivity contribution in [1.82, 2.24) is 10.2 Å². The van der Waals surface area contributed by atoms with Crippen LogP contribution in [0.15, 0.2) is 0 Å². The van der Waals surface area contributed by atoms with Crippen LogP contribution in [-0.4, -0.2) is 48.2 Å². The fraction of sp³-hybridized carbons (Fsp3) is 0.933. The van der Waals surface area contributed by atoms with Crippen molar-refractivity contribution >= 4 is 5.91 Å². The summed E-state index contributed by atoms with van der Waals surface area (Å²) in [4.78, 5) is 14.3. The van der Waals surface area contributed by atoms with E-state index in [2.05, 4.69) is 17.1 Å². The topological polar surface area (TPSA) is 52.6 Å². The van der Waals surface area contributed by atoms with Gasteiger partial charge in [-0.1, -0.05) is 19.8 Å². The van der Waals surface area contributed by atoms with Gasteiger partial charge in [-0.05, 0) is 44.1 Å². The Hall–Kier alpha value is -0.610. The maximum absolute atomic E-state index is 12.1. The summed E-state index contributed by atoms with van der Waals surface area (Å²) in [5.41, 5.74) is 0. The highest BCUT2D eigenvalue weighted by molar-refractivity contribution is 5.78. The minimum absolute atomic E-state index is 0.184. The van der Waals surface area contributed by atoms with Gasteiger partial charge in [-0.15, -0.1) is 0 Å². The Morgan fingerprint density at radius 2 is 2.11 bits per heavy atom. The first-order valence-corrected chi connectivity index (χ1v) is 7.81. The minimum Gasteiger partial charge on any atom is -0.396 e. The van der Waals surface area contributed by atoms with E-state index in [0.717, 1.165) is 32.4 Å². The van der Waals surface area contributed by atoms with E-state index >= 15 is 0 Å². The van der Waals surface area contributed by atoms with E-state index in [-0.39, 0.29) is 12.5 Å². The van der Waals surface area contributed by atoms with Gasteiger partial charge in [0, 0.05) is 19.2 Å². The second kappa shape index (κ2) is 7.25. The lowest BCUT2D eigenvalue weighted by molar-refractivity contribution is -0.123. The van der Waals surface area contributed by atoms with Crippen molar-refractivity contribution in [2.75, 3.05) is 26.2 Å². The van der Waals surface area contributed by atoms with E-state index < -0.39 is 0 Å². The number of rotatable bonds is 5. The molecular formula is C15H28N2O2. The van der Waals surface area contributed by atoms with Crippen LogP contribution in [-0.2, 0) is 4.79 Å². The van der Waals surface area contributed by atoms with Gasteiger partial charge in [-0.2, -0.15) is 0 Å². The quantitative estimate of drug-likeness (QED) is 0.792. The summed E-state index contributed by atoms with van der Waals surface area (Å²) in [6.45, 7) is 5.01. The second-order valence-electron chi connectivity index (χ2n) is 6.34. The minimum atomic E-state index is 0.184. The van der Waals surface area contributed by atoms with Crippen LogP contribution in [0.3, 0.4) is 0 Å². The van der Waals surface area contributed by atoms with Crippen LogP contribution >= 0.6 is 0 Å². The molecule has 0 aromatic heterocycles. The zero-order valence-corrected chi connectivity index (χ0v) is 12.1. The molecule has 1 saturated carbocycles. The molecule has 4 nitrogen and oxygen atoms in total. The number of carbonyl (C=O) groups is 1. The third kappa shape index (κ3) is 4.46. The average Bonchev–Trinajstić information content (AvgIpc) is 2.80. The van der Waals surface area contributed by atoms with Crippen LogP contribution in [0.2, 0.25) is 0 Å². The van der Waals surface area contributed by atoms with E-state index in [1.165, 1.54) is 19.3 Å². The van der Waals surface area contributed by atoms with Gasteiger partial charge in [-0.25, -0.2) is 0 Å². The van der Waals surface area contributed by atoms with Crippen LogP contribution in [0.5, 0.6) is 0 Å². The third-order valence-electron chi connectivity index (χ3n) is 4.73. The molecule has 1 aliphatic carbocycles. The summed E-state index contributed by atoms with van der Waals surface area (Å²) in [5.74, 6) is 1.38. The molecule has 3 atom stereocenters. The first-order valence-electron chi connectivity index (χ1n) is 7.81. The number of hydrogen-bond acceptors (Lipinski definition) is 3. The Morgan fingerprint density at radius 3 is 2.84 bits per heavy atom. The van der Waals surface area contributed by atoms with E-state index in [1.54, 1.807) is 0 Å². The molecule has 4 heteroatoms. The molecule has 3 unspecified atom stereocenters. The van der Waals surface area contributed by atoms with Crippen molar-refractivity contribution in [3.05, 3.63) is 0 Å². The standard InChI is InChI=1S/C15H28N2O2/c1-12-4-2-3-5-14(12)16-15(19)11-17-8-6-13(10-17)7-9-18/h12-14,18H,2-11H2,1H3,(H,16,19). The molecular weight excluding hydrogens is 240 g/mol. The number of amides is 1. The lowest BCUT2D eigenvalue weighted by Gasteiger charge is -2.30. The van der Waals surface area contributed by atoms with Crippen LogP contribution in [0.25, 0.3) is 0 Å². The van der Waals surface area contributed by atoms with Gasteiger partial charge in [0.2, 0.25) is 5.91 Å². The second-order valence-corrected chi connectivity index (χ2v) is 6.34. The molecule has 19 heavy (non-hydrogen) atoms. The fourth-order valence-electron chi connectivity index (χ4n) is 3.46. The summed E-state index contributed by atoms with van der Waals surface area (Å²) in [6, 6.07) is 0.386. The molecule has 2 fully saturated rings. The largest absolute Gasteiger partial charge is 0.396 e. The summed E-state index contributed by atoms with van der Waals surface area (Å²) in [7, 11) is 0. The highest BCUT2D eigenvalue weighted by Gasteiger charge is 2.26. The molecule has 1 aliphatic heterocycles. The monoisotopic (exact) mass is 268 g/mol. The lowest BCUT2D eigenvalue weighted by atomic mass is 9.86. The van der Waals surface area contributed by atoms with Crippen molar-refractivity contribution in [3.8, 4) is 0 Å². The fourth-order valence-corrected chi connectivity index (χ4v) is 3.46. The number of aliphatic hydroxyl groups excluding tert-OH is 1. The van der Waals surface area contributed by atoms with Gasteiger partial charge >= 0.3 is 0 Å². The summed E-state index contributed by atoms with van der Waals surface area (Å²) in [5, 5.41) is 12.2. The molecule has 0 aromatic rings. The van der Waals surface area contributed by atoms with Gasteiger partial charge in [0.25, 0.3) is 0 Å². The van der Waals surface area contributed by atoms with E-state index in [1.807, 2.05) is 0 Å². The van der Waals surface area contributed by atoms with Gasteiger partial charge in [-0.3, -0.25) is 9.69 Å². The van der Waals surface area contributed by atoms with Gasteiger partial charge in [0.15, 0.2) is 0 Å². The first kappa shape index (κ1) is 14.8. The SMILES string of the molecule is CC1CCCCC1NC(=O)CN1CCC(CCO)C1. The molecule has 1 amide bonds. The summed E-state index contributed by atoms with van der Waals surface area (Å²) < 4.78 is 0. The maximum Gasteiger partial charge on any atom is 0.234 e. The number of nitrogens with zero attached hydrogens (tertiary/aromatic N) is 1. The van der Waals surface area contributed by atoms with Gasteiger partial charge in [0.1, 0.15) is 0 Å². The van der Waals surface area contributed by atoms with Crippen molar-refractivity contribution in [1.29, 1.82) is 0 Å². The zero-order chi connectivity index (χ0) is 13.7. The number of aliphatic hydroxyl groups is 1. The number of hydrogen-bond donors (Lipinski definition) is 2. The molecule has 2 rings (SSSR count). The lowest BCUT2D eigenvalue weighted by Crippen LogP contribution is -2.45. The van der Waals surface area contributed by atoms with Crippen molar-refractivity contribution in [2.45, 2.75) is 51.5 Å². The Bertz CT molecular complexity index is 296. The van der Waals surface area contributed by atoms with E-state index in [0.29, 0.717) is 24.4 Å². The van der Waals surface area contributed by atoms with Crippen LogP contribution in [0.4, 0.5) is 0 Å². The average molecular weight is 268 g/mol. The number of nitrogens with one attached hydrogen (secondary N) is 1. The molecule has 2 N–H and O–H groups in total. The van der Waals surface area contributed by atoms with E-state index in [4.69, 9.17) is 5.11 Å². The molecule has 0 bridgehead atoms. The number of carbonyl (C=O) groups excluding carboxylic acids is 1. The van der Waals surface area contributed by atoms with Crippen molar-refractivity contribution < 1.29 is 9.90 Å². The Labute approximate surface area is 116 Å². The predicted molar refractivity (Wildman–Crippen MR) is 75.8 cm³/mol. The van der Waals surface area contributed by atoms with Crippen LogP contribution < -0.4 is 5.32 Å². The molecule has 110 valence electrons. The van der Waals surface area contributed by atoms with Gasteiger partial charge in [0.05, 0.1) is 6.54 Å². The highest BCUT2D eigenvalue weighted by Crippen LogP contribution is 2.24. The van der Waals surface area contributed by atoms with Crippen LogP contribution in [0.1, 0.15) is 45.4 Å². The molecule has 0 aromatic carbocycles. The molecule has 1 heterocycles. The Kier molecular flexibility index (Phi) is 5.64. The first-order chi connectivity index (χ1) is 9.19. The van der Waals surface area contributed by atoms with Crippen molar-refractivity contribution in [2.24, 2.45) is 11.8 Å². The summed E-state index contributed by atoms with van der Waals surface area (Å²) in [6.07, 6.45) is 6.93. The predicted octanol–water partition coefficient (Wildman–Crippen LogP) is 1.39. The zero-order valence-electron chi connectivity index (χ0n) is 12.1. The van der Waals surface area contributed by atoms with Crippen molar-refractivity contribution in [3.63, 3.8) is 0 Å². The third-order valence-corrected chi connectivity index (χ3v) is 4.73. The Balaban J connectivity index is 1.69. The molecule has 2 aliphatic rings.